The molecule has 2 heterocycles. The monoisotopic (exact) mass is 193 g/mol. The van der Waals surface area contributed by atoms with Gasteiger partial charge in [0.25, 0.3) is 0 Å². The fourth-order valence-electron chi connectivity index (χ4n) is 1.16. The van der Waals surface area contributed by atoms with E-state index in [1.807, 2.05) is 25.4 Å². The lowest BCUT2D eigenvalue weighted by Crippen LogP contribution is -1.84. The quantitative estimate of drug-likeness (QED) is 0.650. The van der Waals surface area contributed by atoms with Gasteiger partial charge in [0.1, 0.15) is 5.15 Å². The molecule has 0 aliphatic carbocycles. The highest BCUT2D eigenvalue weighted by atomic mass is 35.5. The van der Waals surface area contributed by atoms with Crippen molar-refractivity contribution in [2.45, 2.75) is 0 Å². The highest BCUT2D eigenvalue weighted by Gasteiger charge is 2.04. The molecule has 13 heavy (non-hydrogen) atoms. The van der Waals surface area contributed by atoms with Crippen LogP contribution in [0.25, 0.3) is 11.1 Å². The van der Waals surface area contributed by atoms with Crippen LogP contribution < -0.4 is 0 Å². The fraction of sp³-hybridized carbons (Fsp3) is 0.111. The molecule has 0 radical (unpaired) electrons. The Balaban J connectivity index is 2.52. The highest BCUT2D eigenvalue weighted by Crippen LogP contribution is 2.24. The third-order valence-electron chi connectivity index (χ3n) is 1.77. The van der Waals surface area contributed by atoms with Gasteiger partial charge in [-0.1, -0.05) is 11.6 Å². The summed E-state index contributed by atoms with van der Waals surface area (Å²) in [5, 5.41) is 4.57. The van der Waals surface area contributed by atoms with Gasteiger partial charge in [-0.25, -0.2) is 4.98 Å². The average Bonchev–Trinajstić information content (AvgIpc) is 2.53. The molecule has 0 atom stereocenters. The number of aryl methyl sites for hydroxylation is 1. The Kier molecular flexibility index (Phi) is 2.02. The number of nitrogens with zero attached hydrogens (tertiary/aromatic N) is 3. The van der Waals surface area contributed by atoms with Gasteiger partial charge in [-0.05, 0) is 12.1 Å². The van der Waals surface area contributed by atoms with Gasteiger partial charge in [-0.15, -0.1) is 0 Å². The summed E-state index contributed by atoms with van der Waals surface area (Å²) in [6, 6.07) is 3.78. The van der Waals surface area contributed by atoms with E-state index in [0.717, 1.165) is 11.1 Å². The predicted octanol–water partition coefficient (Wildman–Crippen LogP) is 2.14. The molecular weight excluding hydrogens is 186 g/mol. The summed E-state index contributed by atoms with van der Waals surface area (Å²) < 4.78 is 1.73. The van der Waals surface area contributed by atoms with Gasteiger partial charge in [0, 0.05) is 30.6 Å². The van der Waals surface area contributed by atoms with Crippen LogP contribution in [0.5, 0.6) is 0 Å². The summed E-state index contributed by atoms with van der Waals surface area (Å²) in [6.07, 6.45) is 5.34. The number of pyridine rings is 1. The number of rotatable bonds is 1. The Labute approximate surface area is 81.0 Å². The van der Waals surface area contributed by atoms with Crippen molar-refractivity contribution in [3.8, 4) is 11.1 Å². The molecule has 0 aliphatic heterocycles. The van der Waals surface area contributed by atoms with Crippen molar-refractivity contribution in [2.75, 3.05) is 0 Å². The number of hydrogen-bond acceptors (Lipinski definition) is 2. The summed E-state index contributed by atoms with van der Waals surface area (Å²) in [4.78, 5) is 3.99. The zero-order valence-corrected chi connectivity index (χ0v) is 7.86. The van der Waals surface area contributed by atoms with Gasteiger partial charge >= 0.3 is 0 Å². The van der Waals surface area contributed by atoms with E-state index in [9.17, 15) is 0 Å². The van der Waals surface area contributed by atoms with Crippen LogP contribution in [0.2, 0.25) is 5.15 Å². The molecule has 0 fully saturated rings. The molecule has 0 saturated carbocycles. The van der Waals surface area contributed by atoms with E-state index >= 15 is 0 Å². The first-order chi connectivity index (χ1) is 6.27. The minimum atomic E-state index is 0.510. The Bertz CT molecular complexity index is 422. The lowest BCUT2D eigenvalue weighted by molar-refractivity contribution is 0.768. The Hall–Kier alpha value is -1.35. The fourth-order valence-corrected chi connectivity index (χ4v) is 1.39. The zero-order valence-electron chi connectivity index (χ0n) is 7.11. The second kappa shape index (κ2) is 3.18. The van der Waals surface area contributed by atoms with E-state index in [2.05, 4.69) is 10.1 Å². The van der Waals surface area contributed by atoms with Crippen LogP contribution in [-0.4, -0.2) is 14.8 Å². The topological polar surface area (TPSA) is 30.7 Å². The molecule has 0 aromatic carbocycles. The van der Waals surface area contributed by atoms with Crippen molar-refractivity contribution in [2.24, 2.45) is 7.05 Å². The van der Waals surface area contributed by atoms with Crippen molar-refractivity contribution >= 4 is 11.6 Å². The second-order valence-electron chi connectivity index (χ2n) is 2.74. The van der Waals surface area contributed by atoms with E-state index in [0.29, 0.717) is 5.15 Å². The third kappa shape index (κ3) is 1.55. The number of aromatic nitrogens is 3. The van der Waals surface area contributed by atoms with Crippen LogP contribution in [-0.2, 0) is 7.05 Å². The smallest absolute Gasteiger partial charge is 0.136 e. The Morgan fingerprint density at radius 2 is 2.31 bits per heavy atom. The van der Waals surface area contributed by atoms with E-state index in [1.165, 1.54) is 0 Å². The Morgan fingerprint density at radius 3 is 2.92 bits per heavy atom. The van der Waals surface area contributed by atoms with Crippen LogP contribution in [0.1, 0.15) is 0 Å². The lowest BCUT2D eigenvalue weighted by Gasteiger charge is -1.97. The number of halogens is 1. The third-order valence-corrected chi connectivity index (χ3v) is 2.08. The highest BCUT2D eigenvalue weighted by molar-refractivity contribution is 6.32. The molecule has 2 aromatic rings. The normalized spacial score (nSPS) is 10.3. The molecule has 0 aliphatic rings. The minimum absolute atomic E-state index is 0.510. The second-order valence-corrected chi connectivity index (χ2v) is 3.10. The predicted molar refractivity (Wildman–Crippen MR) is 51.4 cm³/mol. The maximum Gasteiger partial charge on any atom is 0.136 e. The van der Waals surface area contributed by atoms with Crippen LogP contribution in [0.3, 0.4) is 0 Å². The first kappa shape index (κ1) is 8.26. The summed E-state index contributed by atoms with van der Waals surface area (Å²) >= 11 is 5.92. The van der Waals surface area contributed by atoms with Crippen LogP contribution in [0.15, 0.2) is 30.7 Å². The molecule has 66 valence electrons. The van der Waals surface area contributed by atoms with E-state index in [4.69, 9.17) is 11.6 Å². The molecule has 0 unspecified atom stereocenters. The standard InChI is InChI=1S/C9H8ClN3/c1-13-6-7(5-12-13)8-3-2-4-11-9(8)10/h2-6H,1H3. The summed E-state index contributed by atoms with van der Waals surface area (Å²) in [5.41, 5.74) is 1.90. The van der Waals surface area contributed by atoms with Gasteiger partial charge in [0.2, 0.25) is 0 Å². The van der Waals surface area contributed by atoms with Gasteiger partial charge in [0.05, 0.1) is 6.20 Å². The molecule has 0 amide bonds. The molecule has 4 heteroatoms. The minimum Gasteiger partial charge on any atom is -0.275 e. The molecule has 0 N–H and O–H groups in total. The average molecular weight is 194 g/mol. The van der Waals surface area contributed by atoms with Crippen molar-refractivity contribution in [1.82, 2.24) is 14.8 Å². The molecule has 3 nitrogen and oxygen atoms in total. The zero-order chi connectivity index (χ0) is 9.26. The summed E-state index contributed by atoms with van der Waals surface area (Å²) in [5.74, 6) is 0. The summed E-state index contributed by atoms with van der Waals surface area (Å²) in [6.45, 7) is 0. The van der Waals surface area contributed by atoms with Gasteiger partial charge in [0.15, 0.2) is 0 Å². The molecule has 0 bridgehead atoms. The number of hydrogen-bond donors (Lipinski definition) is 0. The van der Waals surface area contributed by atoms with Crippen LogP contribution in [0, 0.1) is 0 Å². The summed E-state index contributed by atoms with van der Waals surface area (Å²) in [7, 11) is 1.87. The van der Waals surface area contributed by atoms with Crippen molar-refractivity contribution in [3.63, 3.8) is 0 Å². The molecular formula is C9H8ClN3. The van der Waals surface area contributed by atoms with Gasteiger partial charge < -0.3 is 0 Å². The maximum absolute atomic E-state index is 5.92. The van der Waals surface area contributed by atoms with Gasteiger partial charge in [-0.3, -0.25) is 4.68 Å². The van der Waals surface area contributed by atoms with Crippen molar-refractivity contribution in [3.05, 3.63) is 35.9 Å². The largest absolute Gasteiger partial charge is 0.275 e. The van der Waals surface area contributed by atoms with E-state index in [1.54, 1.807) is 17.1 Å². The maximum atomic E-state index is 5.92. The molecule has 0 saturated heterocycles. The first-order valence-electron chi connectivity index (χ1n) is 3.87. The molecule has 0 spiro atoms. The Morgan fingerprint density at radius 1 is 1.46 bits per heavy atom. The van der Waals surface area contributed by atoms with Crippen molar-refractivity contribution in [1.29, 1.82) is 0 Å². The lowest BCUT2D eigenvalue weighted by atomic mass is 10.2. The van der Waals surface area contributed by atoms with Crippen molar-refractivity contribution < 1.29 is 0 Å². The first-order valence-corrected chi connectivity index (χ1v) is 4.25. The SMILES string of the molecule is Cn1cc(-c2cccnc2Cl)cn1. The molecule has 2 rings (SSSR count). The van der Waals surface area contributed by atoms with Crippen LogP contribution >= 0.6 is 11.6 Å². The molecule has 2 aromatic heterocycles. The van der Waals surface area contributed by atoms with E-state index in [-0.39, 0.29) is 0 Å². The van der Waals surface area contributed by atoms with E-state index < -0.39 is 0 Å². The van der Waals surface area contributed by atoms with Gasteiger partial charge in [-0.2, -0.15) is 5.10 Å². The van der Waals surface area contributed by atoms with Crippen LogP contribution in [0.4, 0.5) is 0 Å².